The Hall–Kier alpha value is -4.01. The van der Waals surface area contributed by atoms with Crippen molar-refractivity contribution in [3.63, 3.8) is 0 Å². The van der Waals surface area contributed by atoms with Gasteiger partial charge in [0.2, 0.25) is 5.91 Å². The average Bonchev–Trinajstić information content (AvgIpc) is 3.41. The normalized spacial score (nSPS) is 16.8. The van der Waals surface area contributed by atoms with Crippen molar-refractivity contribution < 1.29 is 9.53 Å². The molecule has 0 unspecified atom stereocenters. The first-order valence-electron chi connectivity index (χ1n) is 12.9. The fraction of sp³-hybridized carbons (Fsp3) is 0.258. The third-order valence-electron chi connectivity index (χ3n) is 7.20. The summed E-state index contributed by atoms with van der Waals surface area (Å²) in [7, 11) is 1.50. The number of hydrogen-bond donors (Lipinski definition) is 2. The van der Waals surface area contributed by atoms with E-state index in [-0.39, 0.29) is 24.6 Å². The van der Waals surface area contributed by atoms with Crippen molar-refractivity contribution in [2.24, 2.45) is 0 Å². The summed E-state index contributed by atoms with van der Waals surface area (Å²) >= 11 is 5.92. The van der Waals surface area contributed by atoms with E-state index < -0.39 is 0 Å². The number of anilines is 2. The number of methoxy groups -OCH3 is 1. The van der Waals surface area contributed by atoms with Crippen LogP contribution in [0.3, 0.4) is 0 Å². The largest absolute Gasteiger partial charge is 0.375 e. The number of pyridine rings is 1. The van der Waals surface area contributed by atoms with E-state index >= 15 is 0 Å². The molecule has 0 saturated carbocycles. The minimum Gasteiger partial charge on any atom is -0.375 e. The molecule has 1 fully saturated rings. The first kappa shape index (κ1) is 26.6. The van der Waals surface area contributed by atoms with Crippen LogP contribution in [-0.2, 0) is 9.53 Å². The molecule has 4 aromatic rings. The van der Waals surface area contributed by atoms with Crippen LogP contribution in [-0.4, -0.2) is 34.3 Å². The molecule has 2 aromatic heterocycles. The number of nitrogens with zero attached hydrogens (tertiary/aromatic N) is 3. The lowest BCUT2D eigenvalue weighted by molar-refractivity contribution is -0.119. The van der Waals surface area contributed by atoms with Gasteiger partial charge in [0, 0.05) is 41.8 Å². The molecule has 0 bridgehead atoms. The van der Waals surface area contributed by atoms with Gasteiger partial charge < -0.3 is 24.8 Å². The number of amides is 1. The van der Waals surface area contributed by atoms with E-state index in [9.17, 15) is 4.79 Å². The Bertz CT molecular complexity index is 1510. The van der Waals surface area contributed by atoms with Crippen molar-refractivity contribution in [2.45, 2.75) is 39.8 Å². The molecule has 1 aliphatic heterocycles. The maximum Gasteiger partial charge on any atom is 0.250 e. The number of carbonyl (C=O) groups is 1. The second-order valence-electron chi connectivity index (χ2n) is 9.98. The molecule has 8 heteroatoms. The summed E-state index contributed by atoms with van der Waals surface area (Å²) in [5.41, 5.74) is 9.67. The molecule has 1 aliphatic rings. The summed E-state index contributed by atoms with van der Waals surface area (Å²) in [6.45, 7) is 8.60. The lowest BCUT2D eigenvalue weighted by Gasteiger charge is -2.28. The number of aryl methyl sites for hydroxylation is 3. The minimum absolute atomic E-state index is 0.00570. The van der Waals surface area contributed by atoms with Gasteiger partial charge in [-0.3, -0.25) is 9.78 Å². The fourth-order valence-corrected chi connectivity index (χ4v) is 5.75. The minimum atomic E-state index is -0.199. The van der Waals surface area contributed by atoms with Crippen LogP contribution in [0.5, 0.6) is 0 Å². The summed E-state index contributed by atoms with van der Waals surface area (Å²) in [6, 6.07) is 22.2. The van der Waals surface area contributed by atoms with Gasteiger partial charge in [0.05, 0.1) is 17.8 Å². The Kier molecular flexibility index (Phi) is 7.50. The van der Waals surface area contributed by atoms with E-state index in [2.05, 4.69) is 72.1 Å². The number of rotatable bonds is 7. The summed E-state index contributed by atoms with van der Waals surface area (Å²) in [6.07, 6.45) is 1.82. The van der Waals surface area contributed by atoms with Gasteiger partial charge in [0.1, 0.15) is 6.61 Å². The van der Waals surface area contributed by atoms with Gasteiger partial charge in [0.25, 0.3) is 0 Å². The molecule has 2 aromatic carbocycles. The van der Waals surface area contributed by atoms with Gasteiger partial charge in [0.15, 0.2) is 5.11 Å². The molecule has 5 rings (SSSR count). The highest BCUT2D eigenvalue weighted by Gasteiger charge is 2.42. The van der Waals surface area contributed by atoms with Gasteiger partial charge >= 0.3 is 0 Å². The van der Waals surface area contributed by atoms with Crippen LogP contribution in [0, 0.1) is 27.7 Å². The van der Waals surface area contributed by atoms with E-state index in [1.165, 1.54) is 29.5 Å². The second kappa shape index (κ2) is 11.0. The third-order valence-corrected chi connectivity index (χ3v) is 7.51. The number of benzene rings is 2. The SMILES string of the molecule is COCC(=O)Nc1ccc(N2C(=S)N[C@@H](c3ccccn3)[C@@H]2c2cc(C)n(-c3cc(C)ccc3C)c2C)cc1. The highest BCUT2D eigenvalue weighted by Crippen LogP contribution is 2.44. The molecular weight excluding hydrogens is 506 g/mol. The summed E-state index contributed by atoms with van der Waals surface area (Å²) in [5, 5.41) is 7.03. The van der Waals surface area contributed by atoms with Gasteiger partial charge in [-0.25, -0.2) is 0 Å². The van der Waals surface area contributed by atoms with Gasteiger partial charge in [-0.1, -0.05) is 18.2 Å². The number of aromatic nitrogens is 2. The van der Waals surface area contributed by atoms with E-state index in [1.807, 2.05) is 48.7 Å². The maximum absolute atomic E-state index is 12.0. The van der Waals surface area contributed by atoms with Crippen molar-refractivity contribution in [3.8, 4) is 5.69 Å². The summed E-state index contributed by atoms with van der Waals surface area (Å²) < 4.78 is 7.26. The van der Waals surface area contributed by atoms with Crippen LogP contribution >= 0.6 is 12.2 Å². The van der Waals surface area contributed by atoms with Gasteiger partial charge in [-0.05, 0) is 105 Å². The first-order valence-corrected chi connectivity index (χ1v) is 13.3. The Morgan fingerprint density at radius 2 is 1.82 bits per heavy atom. The molecule has 0 spiro atoms. The predicted molar refractivity (Wildman–Crippen MR) is 160 cm³/mol. The Morgan fingerprint density at radius 3 is 2.51 bits per heavy atom. The summed E-state index contributed by atoms with van der Waals surface area (Å²) in [4.78, 5) is 18.8. The van der Waals surface area contributed by atoms with E-state index in [1.54, 1.807) is 0 Å². The van der Waals surface area contributed by atoms with Crippen LogP contribution in [0.25, 0.3) is 5.69 Å². The quantitative estimate of drug-likeness (QED) is 0.286. The standard InChI is InChI=1S/C31H33N5O2S/c1-19-9-10-20(2)27(16-19)35-21(3)17-25(22(35)4)30-29(26-8-6-7-15-32-26)34-31(39)36(30)24-13-11-23(12-14-24)33-28(37)18-38-5/h6-17,29-30H,18H2,1-5H3,(H,33,37)(H,34,39)/t29-,30-/m0/s1. The van der Waals surface area contributed by atoms with Gasteiger partial charge in [-0.15, -0.1) is 0 Å². The summed E-state index contributed by atoms with van der Waals surface area (Å²) in [5.74, 6) is -0.199. The maximum atomic E-state index is 12.0. The Labute approximate surface area is 234 Å². The highest BCUT2D eigenvalue weighted by atomic mass is 32.1. The number of carbonyl (C=O) groups excluding carboxylic acids is 1. The molecule has 7 nitrogen and oxygen atoms in total. The zero-order chi connectivity index (χ0) is 27.7. The lowest BCUT2D eigenvalue weighted by Crippen LogP contribution is -2.29. The topological polar surface area (TPSA) is 71.4 Å². The van der Waals surface area contributed by atoms with E-state index in [0.29, 0.717) is 10.8 Å². The fourth-order valence-electron chi connectivity index (χ4n) is 5.40. The smallest absolute Gasteiger partial charge is 0.250 e. The molecular formula is C31H33N5O2S. The van der Waals surface area contributed by atoms with Crippen molar-refractivity contribution >= 4 is 34.6 Å². The highest BCUT2D eigenvalue weighted by molar-refractivity contribution is 7.80. The molecule has 0 radical (unpaired) electrons. The Morgan fingerprint density at radius 1 is 1.05 bits per heavy atom. The zero-order valence-corrected chi connectivity index (χ0v) is 23.7. The molecule has 1 saturated heterocycles. The molecule has 3 heterocycles. The second-order valence-corrected chi connectivity index (χ2v) is 10.4. The number of thiocarbonyl (C=S) groups is 1. The molecule has 2 N–H and O–H groups in total. The monoisotopic (exact) mass is 539 g/mol. The number of ether oxygens (including phenoxy) is 1. The van der Waals surface area contributed by atoms with Crippen LogP contribution in [0.2, 0.25) is 0 Å². The average molecular weight is 540 g/mol. The first-order chi connectivity index (χ1) is 18.8. The van der Waals surface area contributed by atoms with Crippen molar-refractivity contribution in [1.29, 1.82) is 0 Å². The van der Waals surface area contributed by atoms with Gasteiger partial charge in [-0.2, -0.15) is 0 Å². The Balaban J connectivity index is 1.60. The molecule has 39 heavy (non-hydrogen) atoms. The third kappa shape index (κ3) is 5.17. The van der Waals surface area contributed by atoms with Crippen molar-refractivity contribution in [1.82, 2.24) is 14.9 Å². The van der Waals surface area contributed by atoms with Crippen molar-refractivity contribution in [3.05, 3.63) is 107 Å². The predicted octanol–water partition coefficient (Wildman–Crippen LogP) is 5.87. The molecule has 1 amide bonds. The van der Waals surface area contributed by atoms with Crippen molar-refractivity contribution in [2.75, 3.05) is 23.9 Å². The van der Waals surface area contributed by atoms with Crippen LogP contribution in [0.1, 0.15) is 45.9 Å². The lowest BCUT2D eigenvalue weighted by atomic mass is 9.96. The van der Waals surface area contributed by atoms with E-state index in [4.69, 9.17) is 21.9 Å². The molecule has 200 valence electrons. The van der Waals surface area contributed by atoms with Crippen LogP contribution in [0.4, 0.5) is 11.4 Å². The molecule has 0 aliphatic carbocycles. The van der Waals surface area contributed by atoms with E-state index in [0.717, 1.165) is 22.8 Å². The van der Waals surface area contributed by atoms with Crippen LogP contribution in [0.15, 0.2) is 72.9 Å². The zero-order valence-electron chi connectivity index (χ0n) is 22.9. The number of hydrogen-bond acceptors (Lipinski definition) is 4. The number of nitrogens with one attached hydrogen (secondary N) is 2. The van der Waals surface area contributed by atoms with Crippen LogP contribution < -0.4 is 15.5 Å². The molecule has 2 atom stereocenters.